The van der Waals surface area contributed by atoms with Crippen molar-refractivity contribution in [1.82, 2.24) is 19.7 Å². The molecule has 2 aliphatic heterocycles. The van der Waals surface area contributed by atoms with E-state index in [9.17, 15) is 44.3 Å². The van der Waals surface area contributed by atoms with E-state index < -0.39 is 36.4 Å². The van der Waals surface area contributed by atoms with E-state index in [1.165, 1.54) is 18.5 Å². The maximum atomic E-state index is 12.2. The third-order valence-electron chi connectivity index (χ3n) is 6.00. The van der Waals surface area contributed by atoms with Gasteiger partial charge in [-0.2, -0.15) is 39.5 Å². The largest absolute Gasteiger partial charge is 0.490 e. The number of halogens is 9. The van der Waals surface area contributed by atoms with E-state index in [-0.39, 0.29) is 5.91 Å². The molecular formula is C24H31F9N4O7. The Morgan fingerprint density at radius 3 is 1.57 bits per heavy atom. The standard InChI is InChI=1S/C18H28N4O.3C2HF3O2/c1-20(2)14-17(23)22-10-6-18(7-11-22)5-9-21(15-18)13-16-4-3-8-19-12-16;3*3-2(4,5)1(6)7/h3-4,8,12H,5-7,9-11,13-15H2,1-2H3;3*(H,6,7). The number of alkyl halides is 9. The van der Waals surface area contributed by atoms with E-state index in [2.05, 4.69) is 20.9 Å². The lowest BCUT2D eigenvalue weighted by Crippen LogP contribution is -2.46. The Morgan fingerprint density at radius 1 is 0.818 bits per heavy atom. The SMILES string of the molecule is CN(C)CC(=O)N1CCC2(CCN(Cc3cccnc3)C2)CC1.O=C(O)C(F)(F)F.O=C(O)C(F)(F)F.O=C(O)C(F)(F)F. The molecule has 0 atom stereocenters. The first-order valence-electron chi connectivity index (χ1n) is 12.3. The van der Waals surface area contributed by atoms with Gasteiger partial charge < -0.3 is 25.1 Å². The lowest BCUT2D eigenvalue weighted by molar-refractivity contribution is -0.193. The van der Waals surface area contributed by atoms with Crippen LogP contribution in [-0.4, -0.2) is 124 Å². The van der Waals surface area contributed by atoms with Crippen LogP contribution in [0.4, 0.5) is 39.5 Å². The Morgan fingerprint density at radius 2 is 1.23 bits per heavy atom. The fourth-order valence-electron chi connectivity index (χ4n) is 3.92. The zero-order valence-electron chi connectivity index (χ0n) is 23.3. The van der Waals surface area contributed by atoms with Gasteiger partial charge in [0, 0.05) is 38.6 Å². The summed E-state index contributed by atoms with van der Waals surface area (Å²) in [7, 11) is 3.91. The molecule has 0 aromatic carbocycles. The van der Waals surface area contributed by atoms with Gasteiger partial charge in [0.05, 0.1) is 6.54 Å². The van der Waals surface area contributed by atoms with Gasteiger partial charge in [-0.25, -0.2) is 14.4 Å². The Hall–Kier alpha value is -3.68. The Balaban J connectivity index is 0.000000721. The van der Waals surface area contributed by atoms with Crippen molar-refractivity contribution in [3.8, 4) is 0 Å². The maximum Gasteiger partial charge on any atom is 0.490 e. The van der Waals surface area contributed by atoms with Crippen LogP contribution in [-0.2, 0) is 25.7 Å². The number of carbonyl (C=O) groups is 4. The van der Waals surface area contributed by atoms with Crippen LogP contribution >= 0.6 is 0 Å². The molecule has 11 nitrogen and oxygen atoms in total. The summed E-state index contributed by atoms with van der Waals surface area (Å²) < 4.78 is 95.2. The number of aliphatic carboxylic acids is 3. The summed E-state index contributed by atoms with van der Waals surface area (Å²) in [5.74, 6) is -8.00. The minimum Gasteiger partial charge on any atom is -0.475 e. The summed E-state index contributed by atoms with van der Waals surface area (Å²) in [6.45, 7) is 5.71. The number of likely N-dealkylation sites (N-methyl/N-ethyl adjacent to an activating group) is 1. The Labute approximate surface area is 244 Å². The molecule has 3 N–H and O–H groups in total. The van der Waals surface area contributed by atoms with Gasteiger partial charge in [0.15, 0.2) is 0 Å². The first kappa shape index (κ1) is 40.3. The molecule has 0 aliphatic carbocycles. The molecule has 3 rings (SSSR count). The van der Waals surface area contributed by atoms with Gasteiger partial charge in [0.25, 0.3) is 0 Å². The highest BCUT2D eigenvalue weighted by Crippen LogP contribution is 2.40. The number of carboxylic acids is 3. The van der Waals surface area contributed by atoms with Crippen LogP contribution in [0.1, 0.15) is 24.8 Å². The number of aromatic nitrogens is 1. The molecule has 20 heteroatoms. The molecule has 2 fully saturated rings. The average molecular weight is 659 g/mol. The van der Waals surface area contributed by atoms with Crippen LogP contribution < -0.4 is 0 Å². The molecular weight excluding hydrogens is 627 g/mol. The Kier molecular flexibility index (Phi) is 15.6. The fourth-order valence-corrected chi connectivity index (χ4v) is 3.92. The monoisotopic (exact) mass is 658 g/mol. The van der Waals surface area contributed by atoms with E-state index in [1.807, 2.05) is 37.5 Å². The molecule has 0 unspecified atom stereocenters. The van der Waals surface area contributed by atoms with Crippen LogP contribution in [0, 0.1) is 5.41 Å². The molecule has 0 bridgehead atoms. The van der Waals surface area contributed by atoms with Crippen molar-refractivity contribution in [2.24, 2.45) is 5.41 Å². The summed E-state index contributed by atoms with van der Waals surface area (Å²) in [5, 5.41) is 21.4. The van der Waals surface area contributed by atoms with E-state index in [0.717, 1.165) is 39.0 Å². The van der Waals surface area contributed by atoms with Crippen molar-refractivity contribution >= 4 is 23.8 Å². The second-order valence-electron chi connectivity index (χ2n) is 9.85. The quantitative estimate of drug-likeness (QED) is 0.411. The van der Waals surface area contributed by atoms with Gasteiger partial charge in [0.2, 0.25) is 5.91 Å². The van der Waals surface area contributed by atoms with Crippen molar-refractivity contribution < 1.29 is 74.0 Å². The van der Waals surface area contributed by atoms with Crippen LogP contribution in [0.5, 0.6) is 0 Å². The molecule has 2 saturated heterocycles. The third kappa shape index (κ3) is 16.2. The smallest absolute Gasteiger partial charge is 0.475 e. The zero-order chi connectivity index (χ0) is 34.5. The van der Waals surface area contributed by atoms with Gasteiger partial charge in [-0.15, -0.1) is 0 Å². The first-order valence-corrected chi connectivity index (χ1v) is 12.3. The second-order valence-corrected chi connectivity index (χ2v) is 9.85. The Bertz CT molecular complexity index is 1020. The molecule has 0 saturated carbocycles. The molecule has 1 amide bonds. The summed E-state index contributed by atoms with van der Waals surface area (Å²) in [4.78, 5) is 49.6. The van der Waals surface area contributed by atoms with Gasteiger partial charge >= 0.3 is 36.4 Å². The van der Waals surface area contributed by atoms with E-state index >= 15 is 0 Å². The number of piperidine rings is 1. The maximum absolute atomic E-state index is 12.2. The predicted molar refractivity (Wildman–Crippen MR) is 132 cm³/mol. The van der Waals surface area contributed by atoms with E-state index in [0.29, 0.717) is 12.0 Å². The minimum absolute atomic E-state index is 0.273. The van der Waals surface area contributed by atoms with E-state index in [1.54, 1.807) is 0 Å². The van der Waals surface area contributed by atoms with Crippen molar-refractivity contribution in [3.05, 3.63) is 30.1 Å². The van der Waals surface area contributed by atoms with E-state index in [4.69, 9.17) is 29.7 Å². The van der Waals surface area contributed by atoms with Gasteiger partial charge in [-0.3, -0.25) is 14.7 Å². The third-order valence-corrected chi connectivity index (χ3v) is 6.00. The van der Waals surface area contributed by atoms with Gasteiger partial charge in [0.1, 0.15) is 0 Å². The second kappa shape index (κ2) is 17.0. The minimum atomic E-state index is -5.08. The summed E-state index contributed by atoms with van der Waals surface area (Å²) in [6, 6.07) is 4.16. The number of likely N-dealkylation sites (tertiary alicyclic amines) is 2. The highest BCUT2D eigenvalue weighted by molar-refractivity contribution is 5.78. The average Bonchev–Trinajstić information content (AvgIpc) is 3.25. The predicted octanol–water partition coefficient (Wildman–Crippen LogP) is 3.36. The molecule has 3 heterocycles. The molecule has 1 spiro atoms. The summed E-state index contributed by atoms with van der Waals surface area (Å²) in [6.07, 6.45) is -7.89. The molecule has 44 heavy (non-hydrogen) atoms. The van der Waals surface area contributed by atoms with Crippen molar-refractivity contribution in [2.45, 2.75) is 44.3 Å². The van der Waals surface area contributed by atoms with Crippen LogP contribution in [0.15, 0.2) is 24.5 Å². The number of hydrogen-bond donors (Lipinski definition) is 3. The van der Waals surface area contributed by atoms with Gasteiger partial charge in [-0.1, -0.05) is 6.07 Å². The molecule has 2 aliphatic rings. The lowest BCUT2D eigenvalue weighted by Gasteiger charge is -2.39. The number of rotatable bonds is 4. The molecule has 1 aromatic rings. The lowest BCUT2D eigenvalue weighted by atomic mass is 9.78. The van der Waals surface area contributed by atoms with Crippen LogP contribution in [0.2, 0.25) is 0 Å². The zero-order valence-corrected chi connectivity index (χ0v) is 23.3. The van der Waals surface area contributed by atoms with Crippen LogP contribution in [0.3, 0.4) is 0 Å². The number of amides is 1. The highest BCUT2D eigenvalue weighted by Gasteiger charge is 2.41. The first-order chi connectivity index (χ1) is 19.9. The number of pyridine rings is 1. The van der Waals surface area contributed by atoms with Gasteiger partial charge in [-0.05, 0) is 56.9 Å². The highest BCUT2D eigenvalue weighted by atomic mass is 19.4. The number of hydrogen-bond acceptors (Lipinski definition) is 7. The fraction of sp³-hybridized carbons (Fsp3) is 0.625. The van der Waals surface area contributed by atoms with Crippen molar-refractivity contribution in [2.75, 3.05) is 46.8 Å². The molecule has 0 radical (unpaired) electrons. The number of carboxylic acid groups (broad SMARTS) is 3. The molecule has 1 aromatic heterocycles. The number of nitrogens with zero attached hydrogens (tertiary/aromatic N) is 4. The number of carbonyl (C=O) groups excluding carboxylic acids is 1. The normalized spacial score (nSPS) is 16.5. The van der Waals surface area contributed by atoms with Crippen molar-refractivity contribution in [1.29, 1.82) is 0 Å². The molecule has 252 valence electrons. The summed E-state index contributed by atoms with van der Waals surface area (Å²) in [5.41, 5.74) is 1.72. The van der Waals surface area contributed by atoms with Crippen LogP contribution in [0.25, 0.3) is 0 Å². The topological polar surface area (TPSA) is 152 Å². The summed E-state index contributed by atoms with van der Waals surface area (Å²) >= 11 is 0. The van der Waals surface area contributed by atoms with Crippen molar-refractivity contribution in [3.63, 3.8) is 0 Å².